The van der Waals surface area contributed by atoms with E-state index in [2.05, 4.69) is 10.3 Å². The van der Waals surface area contributed by atoms with Gasteiger partial charge in [-0.15, -0.1) is 0 Å². The predicted octanol–water partition coefficient (Wildman–Crippen LogP) is 4.47. The van der Waals surface area contributed by atoms with Crippen LogP contribution in [0, 0.1) is 0 Å². The van der Waals surface area contributed by atoms with Crippen molar-refractivity contribution in [2.75, 3.05) is 0 Å². The predicted molar refractivity (Wildman–Crippen MR) is 122 cm³/mol. The Morgan fingerprint density at radius 1 is 0.903 bits per heavy atom. The van der Waals surface area contributed by atoms with Crippen molar-refractivity contribution in [2.45, 2.75) is 12.6 Å². The van der Waals surface area contributed by atoms with Crippen molar-refractivity contribution in [1.82, 2.24) is 14.9 Å². The summed E-state index contributed by atoms with van der Waals surface area (Å²) in [5.41, 5.74) is 2.94. The minimum Gasteiger partial charge on any atom is -0.344 e. The van der Waals surface area contributed by atoms with Crippen molar-refractivity contribution in [3.05, 3.63) is 124 Å². The molecule has 0 saturated carbocycles. The number of carbonyl (C=O) groups excluding carboxylic acids is 1. The standard InChI is InChI=1S/C25H20ClN3O2/c26-21-13-11-18(12-14-21)22-15-24(31)29(17-27-22)16-23(30)28-25(19-7-3-1-4-8-19)20-9-5-2-6-10-20/h1-15,17,25H,16H2,(H,28,30). The molecule has 4 aromatic rings. The molecule has 1 aromatic heterocycles. The van der Waals surface area contributed by atoms with Gasteiger partial charge in [-0.25, -0.2) is 4.98 Å². The highest BCUT2D eigenvalue weighted by atomic mass is 35.5. The SMILES string of the molecule is O=C(Cn1cnc(-c2ccc(Cl)cc2)cc1=O)NC(c1ccccc1)c1ccccc1. The van der Waals surface area contributed by atoms with Gasteiger partial charge < -0.3 is 5.32 Å². The van der Waals surface area contributed by atoms with Crippen LogP contribution in [-0.2, 0) is 11.3 Å². The van der Waals surface area contributed by atoms with E-state index in [-0.39, 0.29) is 24.1 Å². The summed E-state index contributed by atoms with van der Waals surface area (Å²) in [6, 6.07) is 27.6. The second kappa shape index (κ2) is 9.41. The van der Waals surface area contributed by atoms with Gasteiger partial charge in [0.1, 0.15) is 6.54 Å². The fourth-order valence-electron chi connectivity index (χ4n) is 3.33. The third kappa shape index (κ3) is 5.08. The van der Waals surface area contributed by atoms with Gasteiger partial charge in [0.05, 0.1) is 18.1 Å². The highest BCUT2D eigenvalue weighted by molar-refractivity contribution is 6.30. The monoisotopic (exact) mass is 429 g/mol. The quantitative estimate of drug-likeness (QED) is 0.492. The van der Waals surface area contributed by atoms with Crippen LogP contribution in [-0.4, -0.2) is 15.5 Å². The lowest BCUT2D eigenvalue weighted by atomic mass is 9.99. The Bertz CT molecular complexity index is 1180. The smallest absolute Gasteiger partial charge is 0.254 e. The number of rotatable bonds is 6. The lowest BCUT2D eigenvalue weighted by molar-refractivity contribution is -0.122. The van der Waals surface area contributed by atoms with Crippen LogP contribution in [0.1, 0.15) is 17.2 Å². The maximum Gasteiger partial charge on any atom is 0.254 e. The van der Waals surface area contributed by atoms with Gasteiger partial charge >= 0.3 is 0 Å². The van der Waals surface area contributed by atoms with E-state index in [1.54, 1.807) is 24.3 Å². The number of hydrogen-bond donors (Lipinski definition) is 1. The van der Waals surface area contributed by atoms with Gasteiger partial charge in [-0.05, 0) is 23.3 Å². The molecule has 0 atom stereocenters. The number of aromatic nitrogens is 2. The van der Waals surface area contributed by atoms with E-state index in [1.165, 1.54) is 17.0 Å². The van der Waals surface area contributed by atoms with Crippen LogP contribution in [0.4, 0.5) is 0 Å². The molecule has 0 aliphatic rings. The van der Waals surface area contributed by atoms with E-state index in [0.29, 0.717) is 10.7 Å². The fourth-order valence-corrected chi connectivity index (χ4v) is 3.46. The zero-order valence-corrected chi connectivity index (χ0v) is 17.4. The summed E-state index contributed by atoms with van der Waals surface area (Å²) in [5, 5.41) is 3.65. The van der Waals surface area contributed by atoms with E-state index in [9.17, 15) is 9.59 Å². The molecule has 4 rings (SSSR count). The van der Waals surface area contributed by atoms with Crippen molar-refractivity contribution in [3.63, 3.8) is 0 Å². The molecule has 0 aliphatic heterocycles. The molecule has 31 heavy (non-hydrogen) atoms. The zero-order valence-electron chi connectivity index (χ0n) is 16.6. The maximum absolute atomic E-state index is 12.8. The first-order valence-electron chi connectivity index (χ1n) is 9.82. The van der Waals surface area contributed by atoms with Gasteiger partial charge in [-0.2, -0.15) is 0 Å². The first-order valence-corrected chi connectivity index (χ1v) is 10.2. The second-order valence-corrected chi connectivity index (χ2v) is 7.51. The third-order valence-corrected chi connectivity index (χ3v) is 5.16. The molecule has 5 nitrogen and oxygen atoms in total. The highest BCUT2D eigenvalue weighted by Crippen LogP contribution is 2.22. The lowest BCUT2D eigenvalue weighted by Crippen LogP contribution is -2.35. The molecule has 3 aromatic carbocycles. The van der Waals surface area contributed by atoms with Gasteiger partial charge in [0.15, 0.2) is 0 Å². The van der Waals surface area contributed by atoms with Crippen LogP contribution in [0.5, 0.6) is 0 Å². The fraction of sp³-hybridized carbons (Fsp3) is 0.0800. The first-order chi connectivity index (χ1) is 15.1. The summed E-state index contributed by atoms with van der Waals surface area (Å²) < 4.78 is 1.29. The van der Waals surface area contributed by atoms with Crippen LogP contribution in [0.3, 0.4) is 0 Å². The molecule has 0 spiro atoms. The van der Waals surface area contributed by atoms with Gasteiger partial charge in [0.2, 0.25) is 5.91 Å². The van der Waals surface area contributed by atoms with Gasteiger partial charge in [-0.3, -0.25) is 14.2 Å². The first kappa shape index (κ1) is 20.6. The van der Waals surface area contributed by atoms with E-state index in [1.807, 2.05) is 60.7 Å². The minimum atomic E-state index is -0.313. The number of carbonyl (C=O) groups is 1. The largest absolute Gasteiger partial charge is 0.344 e. The number of halogens is 1. The number of benzene rings is 3. The molecule has 0 aliphatic carbocycles. The van der Waals surface area contributed by atoms with Crippen molar-refractivity contribution in [2.24, 2.45) is 0 Å². The molecule has 0 unspecified atom stereocenters. The molecule has 0 radical (unpaired) electrons. The lowest BCUT2D eigenvalue weighted by Gasteiger charge is -2.20. The molecule has 1 amide bonds. The number of nitrogens with one attached hydrogen (secondary N) is 1. The van der Waals surface area contributed by atoms with Crippen LogP contribution >= 0.6 is 11.6 Å². The van der Waals surface area contributed by atoms with Crippen LogP contribution < -0.4 is 10.9 Å². The van der Waals surface area contributed by atoms with Gasteiger partial charge in [0, 0.05) is 16.7 Å². The summed E-state index contributed by atoms with van der Waals surface area (Å²) >= 11 is 5.91. The molecule has 0 bridgehead atoms. The number of nitrogens with zero attached hydrogens (tertiary/aromatic N) is 2. The Morgan fingerprint density at radius 3 is 2.03 bits per heavy atom. The van der Waals surface area contributed by atoms with Crippen LogP contribution in [0.15, 0.2) is 102 Å². The van der Waals surface area contributed by atoms with Crippen molar-refractivity contribution < 1.29 is 4.79 Å². The minimum absolute atomic E-state index is 0.122. The van der Waals surface area contributed by atoms with E-state index in [4.69, 9.17) is 11.6 Å². The normalized spacial score (nSPS) is 10.8. The van der Waals surface area contributed by atoms with Crippen molar-refractivity contribution >= 4 is 17.5 Å². The zero-order chi connectivity index (χ0) is 21.6. The second-order valence-electron chi connectivity index (χ2n) is 7.07. The Labute approximate surface area is 185 Å². The molecular formula is C25H20ClN3O2. The van der Waals surface area contributed by atoms with E-state index >= 15 is 0 Å². The average molecular weight is 430 g/mol. The Morgan fingerprint density at radius 2 is 1.48 bits per heavy atom. The van der Waals surface area contributed by atoms with Gasteiger partial charge in [0.25, 0.3) is 5.56 Å². The molecular weight excluding hydrogens is 410 g/mol. The third-order valence-electron chi connectivity index (χ3n) is 4.90. The molecule has 0 saturated heterocycles. The number of amides is 1. The molecule has 6 heteroatoms. The molecule has 154 valence electrons. The summed E-state index contributed by atoms with van der Waals surface area (Å²) in [6.45, 7) is -0.122. The highest BCUT2D eigenvalue weighted by Gasteiger charge is 2.17. The van der Waals surface area contributed by atoms with Crippen LogP contribution in [0.2, 0.25) is 5.02 Å². The van der Waals surface area contributed by atoms with E-state index in [0.717, 1.165) is 16.7 Å². The summed E-state index contributed by atoms with van der Waals surface area (Å²) in [6.07, 6.45) is 1.39. The Kier molecular flexibility index (Phi) is 6.24. The Hall–Kier alpha value is -3.70. The molecule has 1 heterocycles. The maximum atomic E-state index is 12.8. The van der Waals surface area contributed by atoms with Crippen molar-refractivity contribution in [3.8, 4) is 11.3 Å². The summed E-state index contributed by atoms with van der Waals surface area (Å²) in [5.74, 6) is -0.277. The molecule has 1 N–H and O–H groups in total. The topological polar surface area (TPSA) is 64.0 Å². The summed E-state index contributed by atoms with van der Waals surface area (Å²) in [4.78, 5) is 29.7. The molecule has 0 fully saturated rings. The Balaban J connectivity index is 1.53. The number of hydrogen-bond acceptors (Lipinski definition) is 3. The summed E-state index contributed by atoms with van der Waals surface area (Å²) in [7, 11) is 0. The van der Waals surface area contributed by atoms with E-state index < -0.39 is 0 Å². The van der Waals surface area contributed by atoms with Crippen molar-refractivity contribution in [1.29, 1.82) is 0 Å². The van der Waals surface area contributed by atoms with Crippen LogP contribution in [0.25, 0.3) is 11.3 Å². The van der Waals surface area contributed by atoms with Gasteiger partial charge in [-0.1, -0.05) is 84.4 Å². The average Bonchev–Trinajstić information content (AvgIpc) is 2.80.